The van der Waals surface area contributed by atoms with Crippen LogP contribution in [-0.2, 0) is 14.3 Å². The number of hydrogen-bond acceptors (Lipinski definition) is 6. The van der Waals surface area contributed by atoms with Crippen LogP contribution < -0.4 is 9.47 Å². The number of ether oxygens (including phenoxy) is 4. The van der Waals surface area contributed by atoms with Crippen molar-refractivity contribution in [3.05, 3.63) is 29.3 Å². The molecule has 0 aliphatic rings. The lowest BCUT2D eigenvalue weighted by Gasteiger charge is -2.11. The summed E-state index contributed by atoms with van der Waals surface area (Å²) in [4.78, 5) is 11.8. The van der Waals surface area contributed by atoms with Gasteiger partial charge in [-0.05, 0) is 30.7 Å². The molecule has 0 fully saturated rings. The fourth-order valence-corrected chi connectivity index (χ4v) is 1.68. The number of nitriles is 1. The topological polar surface area (TPSA) is 77.8 Å². The fraction of sp³-hybridized carbons (Fsp3) is 0.375. The van der Waals surface area contributed by atoms with E-state index in [2.05, 4.69) is 4.74 Å². The minimum Gasteiger partial charge on any atom is -0.490 e. The van der Waals surface area contributed by atoms with E-state index < -0.39 is 12.6 Å². The molecule has 0 aliphatic carbocycles. The van der Waals surface area contributed by atoms with Gasteiger partial charge >= 0.3 is 12.6 Å². The van der Waals surface area contributed by atoms with Crippen LogP contribution in [0.2, 0.25) is 0 Å². The molecule has 1 rings (SSSR count). The second-order valence-electron chi connectivity index (χ2n) is 4.32. The highest BCUT2D eigenvalue weighted by atomic mass is 19.3. The smallest absolute Gasteiger partial charge is 0.387 e. The summed E-state index contributed by atoms with van der Waals surface area (Å²) in [7, 11) is 1.45. The van der Waals surface area contributed by atoms with Crippen LogP contribution >= 0.6 is 0 Å². The quantitative estimate of drug-likeness (QED) is 0.297. The van der Waals surface area contributed by atoms with Crippen LogP contribution in [0, 0.1) is 11.3 Å². The Bertz CT molecular complexity index is 625. The van der Waals surface area contributed by atoms with Gasteiger partial charge in [0.2, 0.25) is 0 Å². The Morgan fingerprint density at radius 3 is 2.67 bits per heavy atom. The van der Waals surface area contributed by atoms with Crippen molar-refractivity contribution in [1.82, 2.24) is 0 Å². The molecule has 0 saturated heterocycles. The molecule has 0 unspecified atom stereocenters. The zero-order valence-corrected chi connectivity index (χ0v) is 13.3. The second-order valence-corrected chi connectivity index (χ2v) is 4.32. The van der Waals surface area contributed by atoms with Crippen molar-refractivity contribution in [3.8, 4) is 17.6 Å². The Morgan fingerprint density at radius 2 is 2.08 bits per heavy atom. The summed E-state index contributed by atoms with van der Waals surface area (Å²) < 4.78 is 43.9. The lowest BCUT2D eigenvalue weighted by molar-refractivity contribution is -0.139. The highest BCUT2D eigenvalue weighted by Crippen LogP contribution is 2.30. The van der Waals surface area contributed by atoms with E-state index in [4.69, 9.17) is 19.5 Å². The normalized spacial score (nSPS) is 11.1. The Kier molecular flexibility index (Phi) is 8.22. The minimum atomic E-state index is -2.99. The van der Waals surface area contributed by atoms with Crippen molar-refractivity contribution in [1.29, 1.82) is 5.26 Å². The number of hydrogen-bond donors (Lipinski definition) is 0. The number of halogens is 2. The van der Waals surface area contributed by atoms with Gasteiger partial charge in [0, 0.05) is 7.11 Å². The predicted octanol–water partition coefficient (Wildman–Crippen LogP) is 2.78. The van der Waals surface area contributed by atoms with Gasteiger partial charge in [0.05, 0.1) is 13.2 Å². The summed E-state index contributed by atoms with van der Waals surface area (Å²) in [6.45, 7) is -0.853. The molecule has 0 amide bonds. The first kappa shape index (κ1) is 19.4. The first-order chi connectivity index (χ1) is 11.5. The summed E-state index contributed by atoms with van der Waals surface area (Å²) >= 11 is 0. The van der Waals surface area contributed by atoms with Gasteiger partial charge in [-0.1, -0.05) is 6.07 Å². The molecule has 0 bridgehead atoms. The number of rotatable bonds is 9. The van der Waals surface area contributed by atoms with Gasteiger partial charge in [-0.3, -0.25) is 0 Å². The molecule has 0 aromatic heterocycles. The lowest BCUT2D eigenvalue weighted by atomic mass is 10.1. The molecule has 0 spiro atoms. The first-order valence-corrected chi connectivity index (χ1v) is 7.01. The third-order valence-corrected chi connectivity index (χ3v) is 2.66. The van der Waals surface area contributed by atoms with E-state index in [1.165, 1.54) is 31.4 Å². The van der Waals surface area contributed by atoms with E-state index in [1.54, 1.807) is 13.0 Å². The van der Waals surface area contributed by atoms with Crippen LogP contribution in [0.4, 0.5) is 8.78 Å². The maximum atomic E-state index is 12.4. The zero-order chi connectivity index (χ0) is 17.9. The number of carbonyl (C=O) groups is 1. The number of benzene rings is 1. The lowest BCUT2D eigenvalue weighted by Crippen LogP contribution is -2.11. The maximum absolute atomic E-state index is 12.4. The van der Waals surface area contributed by atoms with E-state index in [0.29, 0.717) is 5.56 Å². The highest BCUT2D eigenvalue weighted by Gasteiger charge is 2.14. The Hall–Kier alpha value is -2.66. The molecule has 6 nitrogen and oxygen atoms in total. The number of methoxy groups -OCH3 is 1. The van der Waals surface area contributed by atoms with Gasteiger partial charge < -0.3 is 18.9 Å². The van der Waals surface area contributed by atoms with E-state index in [9.17, 15) is 13.6 Å². The largest absolute Gasteiger partial charge is 0.490 e. The molecular formula is C16H17F2NO5. The molecule has 0 radical (unpaired) electrons. The third-order valence-electron chi connectivity index (χ3n) is 2.66. The number of carbonyl (C=O) groups excluding carboxylic acids is 1. The first-order valence-electron chi connectivity index (χ1n) is 7.01. The molecule has 0 N–H and O–H groups in total. The van der Waals surface area contributed by atoms with Crippen LogP contribution in [0.25, 0.3) is 6.08 Å². The molecule has 1 aromatic carbocycles. The van der Waals surface area contributed by atoms with E-state index in [0.717, 1.165) is 0 Å². The number of esters is 1. The molecule has 0 heterocycles. The third kappa shape index (κ3) is 6.22. The molecule has 24 heavy (non-hydrogen) atoms. The summed E-state index contributed by atoms with van der Waals surface area (Å²) in [5.74, 6) is -0.859. The van der Waals surface area contributed by atoms with Gasteiger partial charge in [-0.15, -0.1) is 0 Å². The monoisotopic (exact) mass is 341 g/mol. The zero-order valence-electron chi connectivity index (χ0n) is 13.3. The molecule has 1 aromatic rings. The van der Waals surface area contributed by atoms with E-state index >= 15 is 0 Å². The van der Waals surface area contributed by atoms with Crippen molar-refractivity contribution in [3.63, 3.8) is 0 Å². The molecule has 0 saturated carbocycles. The SMILES string of the molecule is CCOc1cc(/C=C(\C#N)C(=O)OCCOC)ccc1OC(F)F. The summed E-state index contributed by atoms with van der Waals surface area (Å²) in [5.41, 5.74) is 0.163. The Morgan fingerprint density at radius 1 is 1.33 bits per heavy atom. The standard InChI is InChI=1S/C16H17F2NO5/c1-3-22-14-9-11(4-5-13(14)24-16(17)18)8-12(10-19)15(20)23-7-6-21-2/h4-5,8-9,16H,3,6-7H2,1-2H3/b12-8+. The molecule has 0 aliphatic heterocycles. The van der Waals surface area contributed by atoms with Crippen LogP contribution in [0.1, 0.15) is 12.5 Å². The van der Waals surface area contributed by atoms with Crippen molar-refractivity contribution in [2.45, 2.75) is 13.5 Å². The van der Waals surface area contributed by atoms with E-state index in [1.807, 2.05) is 0 Å². The molecule has 0 atom stereocenters. The highest BCUT2D eigenvalue weighted by molar-refractivity contribution is 5.97. The van der Waals surface area contributed by atoms with Gasteiger partial charge in [-0.25, -0.2) is 4.79 Å². The maximum Gasteiger partial charge on any atom is 0.387 e. The van der Waals surface area contributed by atoms with Crippen LogP contribution in [0.3, 0.4) is 0 Å². The van der Waals surface area contributed by atoms with E-state index in [-0.39, 0.29) is 36.9 Å². The van der Waals surface area contributed by atoms with Crippen LogP contribution in [0.15, 0.2) is 23.8 Å². The van der Waals surface area contributed by atoms with Gasteiger partial charge in [0.25, 0.3) is 0 Å². The van der Waals surface area contributed by atoms with Crippen molar-refractivity contribution >= 4 is 12.0 Å². The van der Waals surface area contributed by atoms with Crippen LogP contribution in [0.5, 0.6) is 11.5 Å². The van der Waals surface area contributed by atoms with Crippen LogP contribution in [-0.4, -0.2) is 39.5 Å². The number of nitrogens with zero attached hydrogens (tertiary/aromatic N) is 1. The molecule has 8 heteroatoms. The Balaban J connectivity index is 3.00. The fourth-order valence-electron chi connectivity index (χ4n) is 1.68. The number of alkyl halides is 2. The Labute approximate surface area is 138 Å². The predicted molar refractivity (Wildman–Crippen MR) is 80.7 cm³/mol. The van der Waals surface area contributed by atoms with Crippen molar-refractivity contribution in [2.75, 3.05) is 26.9 Å². The summed E-state index contributed by atoms with van der Waals surface area (Å²) in [5, 5.41) is 9.06. The van der Waals surface area contributed by atoms with Crippen molar-refractivity contribution in [2.24, 2.45) is 0 Å². The molecular weight excluding hydrogens is 324 g/mol. The van der Waals surface area contributed by atoms with Gasteiger partial charge in [0.1, 0.15) is 18.2 Å². The molecule has 130 valence electrons. The van der Waals surface area contributed by atoms with Gasteiger partial charge in [-0.2, -0.15) is 14.0 Å². The summed E-state index contributed by atoms with van der Waals surface area (Å²) in [6.07, 6.45) is 1.27. The average Bonchev–Trinajstić information content (AvgIpc) is 2.54. The van der Waals surface area contributed by atoms with Gasteiger partial charge in [0.15, 0.2) is 11.5 Å². The summed E-state index contributed by atoms with van der Waals surface area (Å²) in [6, 6.07) is 5.81. The average molecular weight is 341 g/mol. The second kappa shape index (κ2) is 10.2. The minimum absolute atomic E-state index is 0.0136. The van der Waals surface area contributed by atoms with Crippen molar-refractivity contribution < 1.29 is 32.5 Å².